The first kappa shape index (κ1) is 12.5. The van der Waals surface area contributed by atoms with Crippen LogP contribution in [0.1, 0.15) is 5.56 Å². The van der Waals surface area contributed by atoms with Crippen molar-refractivity contribution in [3.8, 4) is 0 Å². The van der Waals surface area contributed by atoms with E-state index in [9.17, 15) is 9.67 Å². The Morgan fingerprint density at radius 2 is 2.06 bits per heavy atom. The Bertz CT molecular complexity index is 443. The van der Waals surface area contributed by atoms with E-state index in [1.54, 1.807) is 0 Å². The zero-order valence-electron chi connectivity index (χ0n) is 9.52. The molecule has 1 unspecified atom stereocenters. The largest absolute Gasteiger partial charge is 0.386 e. The summed E-state index contributed by atoms with van der Waals surface area (Å²) in [6.07, 6.45) is 0.587. The molecule has 1 aliphatic rings. The predicted octanol–water partition coefficient (Wildman–Crippen LogP) is 2.34. The third-order valence-electron chi connectivity index (χ3n) is 2.69. The minimum atomic E-state index is -3.01. The van der Waals surface area contributed by atoms with Crippen LogP contribution in [0.3, 0.4) is 0 Å². The lowest BCUT2D eigenvalue weighted by atomic mass is 10.2. The lowest BCUT2D eigenvalue weighted by molar-refractivity contribution is 0.0176. The van der Waals surface area contributed by atoms with Gasteiger partial charge in [-0.05, 0) is 11.6 Å². The second-order valence-corrected chi connectivity index (χ2v) is 6.31. The molecule has 0 spiro atoms. The molecule has 0 aliphatic carbocycles. The second-order valence-electron chi connectivity index (χ2n) is 3.85. The van der Waals surface area contributed by atoms with Gasteiger partial charge in [-0.15, -0.1) is 0 Å². The summed E-state index contributed by atoms with van der Waals surface area (Å²) in [7, 11) is -1.64. The molecule has 5 heteroatoms. The normalized spacial score (nSPS) is 31.9. The van der Waals surface area contributed by atoms with Gasteiger partial charge in [-0.2, -0.15) is 0 Å². The molecular formula is C12H15O4P. The molecule has 1 N–H and O–H groups in total. The number of hydrogen-bond acceptors (Lipinski definition) is 4. The molecule has 0 saturated carbocycles. The summed E-state index contributed by atoms with van der Waals surface area (Å²) in [5.74, 6) is 0.612. The SMILES string of the molecule is COP1(=O)C=C[C@@H](O)[C@H]1OCc1ccccc1. The van der Waals surface area contributed by atoms with E-state index in [-0.39, 0.29) is 0 Å². The fourth-order valence-corrected chi connectivity index (χ4v) is 3.45. The summed E-state index contributed by atoms with van der Waals surface area (Å²) in [5.41, 5.74) is 0.967. The Morgan fingerprint density at radius 3 is 2.71 bits per heavy atom. The van der Waals surface area contributed by atoms with E-state index in [1.165, 1.54) is 19.0 Å². The lowest BCUT2D eigenvalue weighted by Crippen LogP contribution is -2.23. The highest BCUT2D eigenvalue weighted by molar-refractivity contribution is 7.63. The van der Waals surface area contributed by atoms with Crippen LogP contribution < -0.4 is 0 Å². The van der Waals surface area contributed by atoms with Crippen LogP contribution in [-0.2, 0) is 20.4 Å². The van der Waals surface area contributed by atoms with E-state index in [0.29, 0.717) is 6.61 Å². The molecule has 1 aliphatic heterocycles. The van der Waals surface area contributed by atoms with Gasteiger partial charge < -0.3 is 14.4 Å². The molecule has 0 radical (unpaired) electrons. The summed E-state index contributed by atoms with van der Waals surface area (Å²) in [4.78, 5) is 0. The molecule has 1 aromatic rings. The van der Waals surface area contributed by atoms with Gasteiger partial charge >= 0.3 is 0 Å². The average molecular weight is 254 g/mol. The van der Waals surface area contributed by atoms with Crippen LogP contribution in [0.4, 0.5) is 0 Å². The summed E-state index contributed by atoms with van der Waals surface area (Å²) >= 11 is 0. The molecule has 3 atom stereocenters. The van der Waals surface area contributed by atoms with Crippen molar-refractivity contribution in [2.45, 2.75) is 18.6 Å². The molecule has 17 heavy (non-hydrogen) atoms. The van der Waals surface area contributed by atoms with E-state index in [0.717, 1.165) is 5.56 Å². The summed E-state index contributed by atoms with van der Waals surface area (Å²) in [6, 6.07) is 9.53. The van der Waals surface area contributed by atoms with E-state index < -0.39 is 19.3 Å². The summed E-state index contributed by atoms with van der Waals surface area (Å²) in [6.45, 7) is 0.303. The van der Waals surface area contributed by atoms with Gasteiger partial charge in [-0.1, -0.05) is 30.3 Å². The van der Waals surface area contributed by atoms with E-state index in [2.05, 4.69) is 0 Å². The minimum absolute atomic E-state index is 0.303. The van der Waals surface area contributed by atoms with E-state index >= 15 is 0 Å². The first-order valence-corrected chi connectivity index (χ1v) is 7.10. The Balaban J connectivity index is 2.02. The maximum Gasteiger partial charge on any atom is 0.255 e. The van der Waals surface area contributed by atoms with Gasteiger partial charge in [0.25, 0.3) is 7.37 Å². The fraction of sp³-hybridized carbons (Fsp3) is 0.333. The Hall–Kier alpha value is -0.930. The third kappa shape index (κ3) is 2.67. The smallest absolute Gasteiger partial charge is 0.255 e. The maximum atomic E-state index is 12.2. The van der Waals surface area contributed by atoms with Gasteiger partial charge in [-0.3, -0.25) is 4.57 Å². The van der Waals surface area contributed by atoms with Crippen molar-refractivity contribution in [3.05, 3.63) is 47.8 Å². The number of ether oxygens (including phenoxy) is 1. The van der Waals surface area contributed by atoms with Crippen LogP contribution in [0, 0.1) is 0 Å². The van der Waals surface area contributed by atoms with Gasteiger partial charge in [0.1, 0.15) is 6.10 Å². The average Bonchev–Trinajstić information content (AvgIpc) is 2.65. The van der Waals surface area contributed by atoms with Crippen LogP contribution >= 0.6 is 7.37 Å². The predicted molar refractivity (Wildman–Crippen MR) is 64.8 cm³/mol. The van der Waals surface area contributed by atoms with Gasteiger partial charge in [0.15, 0.2) is 5.85 Å². The molecule has 0 bridgehead atoms. The van der Waals surface area contributed by atoms with Crippen LogP contribution in [0.25, 0.3) is 0 Å². The molecule has 1 heterocycles. The molecule has 92 valence electrons. The van der Waals surface area contributed by atoms with Crippen molar-refractivity contribution >= 4 is 7.37 Å². The summed E-state index contributed by atoms with van der Waals surface area (Å²) < 4.78 is 22.6. The number of hydrogen-bond donors (Lipinski definition) is 1. The topological polar surface area (TPSA) is 55.8 Å². The van der Waals surface area contributed by atoms with Gasteiger partial charge in [-0.25, -0.2) is 0 Å². The number of rotatable bonds is 4. The first-order valence-electron chi connectivity index (χ1n) is 5.34. The number of aliphatic hydroxyl groups excluding tert-OH is 1. The van der Waals surface area contributed by atoms with Crippen LogP contribution in [0.5, 0.6) is 0 Å². The zero-order chi connectivity index (χ0) is 12.3. The molecule has 0 fully saturated rings. The zero-order valence-corrected chi connectivity index (χ0v) is 10.4. The quantitative estimate of drug-likeness (QED) is 0.838. The van der Waals surface area contributed by atoms with Crippen molar-refractivity contribution in [1.82, 2.24) is 0 Å². The molecule has 1 aromatic carbocycles. The van der Waals surface area contributed by atoms with Crippen LogP contribution in [-0.4, -0.2) is 24.2 Å². The van der Waals surface area contributed by atoms with Gasteiger partial charge in [0.2, 0.25) is 0 Å². The highest BCUT2D eigenvalue weighted by Gasteiger charge is 2.41. The van der Waals surface area contributed by atoms with Gasteiger partial charge in [0, 0.05) is 12.9 Å². The lowest BCUT2D eigenvalue weighted by Gasteiger charge is -2.21. The van der Waals surface area contributed by atoms with Crippen molar-refractivity contribution in [1.29, 1.82) is 0 Å². The Kier molecular flexibility index (Phi) is 3.79. The summed E-state index contributed by atoms with van der Waals surface area (Å²) in [5, 5.41) is 9.67. The third-order valence-corrected chi connectivity index (χ3v) is 5.01. The number of aliphatic hydroxyl groups is 1. The van der Waals surface area contributed by atoms with Crippen molar-refractivity contribution in [3.63, 3.8) is 0 Å². The highest BCUT2D eigenvalue weighted by atomic mass is 31.2. The highest BCUT2D eigenvalue weighted by Crippen LogP contribution is 2.58. The van der Waals surface area contributed by atoms with Gasteiger partial charge in [0.05, 0.1) is 6.61 Å². The first-order chi connectivity index (χ1) is 8.15. The molecule has 0 aromatic heterocycles. The minimum Gasteiger partial charge on any atom is -0.386 e. The molecular weight excluding hydrogens is 239 g/mol. The van der Waals surface area contributed by atoms with Crippen molar-refractivity contribution < 1.29 is 18.9 Å². The Morgan fingerprint density at radius 1 is 1.35 bits per heavy atom. The number of benzene rings is 1. The van der Waals surface area contributed by atoms with E-state index in [1.807, 2.05) is 30.3 Å². The van der Waals surface area contributed by atoms with Crippen LogP contribution in [0.15, 0.2) is 42.2 Å². The van der Waals surface area contributed by atoms with Crippen molar-refractivity contribution in [2.75, 3.05) is 7.11 Å². The molecule has 4 nitrogen and oxygen atoms in total. The van der Waals surface area contributed by atoms with Crippen molar-refractivity contribution in [2.24, 2.45) is 0 Å². The molecule has 0 saturated heterocycles. The maximum absolute atomic E-state index is 12.2. The van der Waals surface area contributed by atoms with Crippen LogP contribution in [0.2, 0.25) is 0 Å². The second kappa shape index (κ2) is 5.15. The Labute approximate surface area is 100 Å². The van der Waals surface area contributed by atoms with E-state index in [4.69, 9.17) is 9.26 Å². The fourth-order valence-electron chi connectivity index (χ4n) is 1.72. The molecule has 2 rings (SSSR count). The monoisotopic (exact) mass is 254 g/mol. The standard InChI is InChI=1S/C12H15O4P/c1-15-17(14)8-7-11(13)12(17)16-9-10-5-3-2-4-6-10/h2-8,11-13H,9H2,1H3/t11-,12+,17?/m1/s1. The molecule has 0 amide bonds.